The van der Waals surface area contributed by atoms with Crippen LogP contribution in [0.2, 0.25) is 10.0 Å². The molecule has 0 saturated heterocycles. The van der Waals surface area contributed by atoms with Gasteiger partial charge in [-0.15, -0.1) is 0 Å². The van der Waals surface area contributed by atoms with Crippen LogP contribution < -0.4 is 10.1 Å². The summed E-state index contributed by atoms with van der Waals surface area (Å²) >= 11 is 11.9. The summed E-state index contributed by atoms with van der Waals surface area (Å²) in [7, 11) is 1.43. The van der Waals surface area contributed by atoms with Crippen molar-refractivity contribution < 1.29 is 19.1 Å². The summed E-state index contributed by atoms with van der Waals surface area (Å²) in [5.74, 6) is -0.158. The van der Waals surface area contributed by atoms with Gasteiger partial charge in [0, 0.05) is 6.04 Å². The van der Waals surface area contributed by atoms with E-state index in [0.29, 0.717) is 5.92 Å². The second kappa shape index (κ2) is 7.20. The normalized spacial score (nSPS) is 15.1. The van der Waals surface area contributed by atoms with Crippen LogP contribution in [0.3, 0.4) is 0 Å². The van der Waals surface area contributed by atoms with Crippen LogP contribution in [-0.2, 0) is 9.53 Å². The lowest BCUT2D eigenvalue weighted by atomic mass is 10.2. The molecule has 1 N–H and O–H groups in total. The summed E-state index contributed by atoms with van der Waals surface area (Å²) < 4.78 is 9.97. The van der Waals surface area contributed by atoms with Gasteiger partial charge in [0.25, 0.3) is 5.91 Å². The average molecular weight is 346 g/mol. The average Bonchev–Trinajstić information content (AvgIpc) is 3.28. The first-order chi connectivity index (χ1) is 10.4. The summed E-state index contributed by atoms with van der Waals surface area (Å²) in [4.78, 5) is 23.6. The molecule has 2 rings (SSSR count). The number of carbonyl (C=O) groups excluding carboxylic acids is 2. The number of nitrogens with one attached hydrogen (secondary N) is 1. The minimum atomic E-state index is -0.666. The molecule has 1 atom stereocenters. The van der Waals surface area contributed by atoms with Gasteiger partial charge in [0.05, 0.1) is 22.7 Å². The third kappa shape index (κ3) is 4.27. The summed E-state index contributed by atoms with van der Waals surface area (Å²) in [6.45, 7) is 1.61. The summed E-state index contributed by atoms with van der Waals surface area (Å²) in [6, 6.07) is 2.88. The van der Waals surface area contributed by atoms with Crippen LogP contribution in [0.15, 0.2) is 12.1 Å². The molecule has 1 aliphatic rings. The maximum Gasteiger partial charge on any atom is 0.338 e. The summed E-state index contributed by atoms with van der Waals surface area (Å²) in [5.41, 5.74) is 0.166. The van der Waals surface area contributed by atoms with Gasteiger partial charge in [-0.1, -0.05) is 23.2 Å². The van der Waals surface area contributed by atoms with Crippen molar-refractivity contribution >= 4 is 35.1 Å². The van der Waals surface area contributed by atoms with Gasteiger partial charge in [0.15, 0.2) is 12.4 Å². The van der Waals surface area contributed by atoms with Gasteiger partial charge in [-0.25, -0.2) is 4.79 Å². The van der Waals surface area contributed by atoms with Crippen LogP contribution in [0.4, 0.5) is 0 Å². The lowest BCUT2D eigenvalue weighted by Gasteiger charge is -2.13. The minimum absolute atomic E-state index is 0.107. The van der Waals surface area contributed by atoms with Gasteiger partial charge < -0.3 is 14.8 Å². The maximum absolute atomic E-state index is 11.9. The molecule has 7 heteroatoms. The van der Waals surface area contributed by atoms with Crippen molar-refractivity contribution in [2.24, 2.45) is 5.92 Å². The molecule has 1 aromatic rings. The van der Waals surface area contributed by atoms with E-state index in [-0.39, 0.29) is 39.9 Å². The molecule has 0 spiro atoms. The minimum Gasteiger partial charge on any atom is -0.494 e. The Morgan fingerprint density at radius 2 is 1.91 bits per heavy atom. The predicted octanol–water partition coefficient (Wildman–Crippen LogP) is 3.07. The Morgan fingerprint density at radius 1 is 1.32 bits per heavy atom. The largest absolute Gasteiger partial charge is 0.494 e. The number of rotatable bonds is 6. The fraction of sp³-hybridized carbons (Fsp3) is 0.467. The molecule has 0 unspecified atom stereocenters. The van der Waals surface area contributed by atoms with Crippen molar-refractivity contribution in [3.8, 4) is 5.75 Å². The SMILES string of the molecule is COc1c(Cl)cc(C(=O)OCC(=O)N[C@H](C)C2CC2)cc1Cl. The molecule has 0 aliphatic heterocycles. The number of halogens is 2. The monoisotopic (exact) mass is 345 g/mol. The third-order valence-corrected chi connectivity index (χ3v) is 4.05. The Morgan fingerprint density at radius 3 is 2.41 bits per heavy atom. The third-order valence-electron chi connectivity index (χ3n) is 3.49. The number of ether oxygens (including phenoxy) is 2. The highest BCUT2D eigenvalue weighted by atomic mass is 35.5. The maximum atomic E-state index is 11.9. The van der Waals surface area contributed by atoms with E-state index in [0.717, 1.165) is 12.8 Å². The van der Waals surface area contributed by atoms with E-state index in [9.17, 15) is 9.59 Å². The Hall–Kier alpha value is -1.46. The van der Waals surface area contributed by atoms with Gasteiger partial charge in [-0.05, 0) is 37.8 Å². The Balaban J connectivity index is 1.90. The van der Waals surface area contributed by atoms with E-state index in [4.69, 9.17) is 32.7 Å². The van der Waals surface area contributed by atoms with E-state index >= 15 is 0 Å². The lowest BCUT2D eigenvalue weighted by molar-refractivity contribution is -0.124. The molecule has 0 bridgehead atoms. The first kappa shape index (κ1) is 16.9. The molecule has 5 nitrogen and oxygen atoms in total. The first-order valence-corrected chi connectivity index (χ1v) is 7.67. The zero-order valence-corrected chi connectivity index (χ0v) is 13.8. The van der Waals surface area contributed by atoms with Crippen LogP contribution in [-0.4, -0.2) is 31.6 Å². The number of esters is 1. The van der Waals surface area contributed by atoms with E-state index < -0.39 is 5.97 Å². The van der Waals surface area contributed by atoms with E-state index in [1.807, 2.05) is 6.92 Å². The van der Waals surface area contributed by atoms with Crippen LogP contribution >= 0.6 is 23.2 Å². The van der Waals surface area contributed by atoms with E-state index in [2.05, 4.69) is 5.32 Å². The van der Waals surface area contributed by atoms with Crippen molar-refractivity contribution in [3.63, 3.8) is 0 Å². The Kier molecular flexibility index (Phi) is 5.53. The van der Waals surface area contributed by atoms with Gasteiger partial charge in [-0.3, -0.25) is 4.79 Å². The van der Waals surface area contributed by atoms with Gasteiger partial charge in [0.2, 0.25) is 0 Å². The molecular formula is C15H17Cl2NO4. The highest BCUT2D eigenvalue weighted by molar-refractivity contribution is 6.37. The highest BCUT2D eigenvalue weighted by Gasteiger charge is 2.29. The van der Waals surface area contributed by atoms with Crippen molar-refractivity contribution in [2.45, 2.75) is 25.8 Å². The molecule has 120 valence electrons. The van der Waals surface area contributed by atoms with E-state index in [1.54, 1.807) is 0 Å². The topological polar surface area (TPSA) is 64.6 Å². The fourth-order valence-corrected chi connectivity index (χ4v) is 2.74. The predicted molar refractivity (Wildman–Crippen MR) is 83.6 cm³/mol. The second-order valence-electron chi connectivity index (χ2n) is 5.24. The van der Waals surface area contributed by atoms with Crippen molar-refractivity contribution in [3.05, 3.63) is 27.7 Å². The van der Waals surface area contributed by atoms with Crippen LogP contribution in [0, 0.1) is 5.92 Å². The number of hydrogen-bond acceptors (Lipinski definition) is 4. The van der Waals surface area contributed by atoms with Crippen molar-refractivity contribution in [1.29, 1.82) is 0 Å². The van der Waals surface area contributed by atoms with Crippen molar-refractivity contribution in [2.75, 3.05) is 13.7 Å². The molecular weight excluding hydrogens is 329 g/mol. The number of hydrogen-bond donors (Lipinski definition) is 1. The number of benzene rings is 1. The molecule has 22 heavy (non-hydrogen) atoms. The molecule has 1 saturated carbocycles. The molecule has 1 aliphatic carbocycles. The summed E-state index contributed by atoms with van der Waals surface area (Å²) in [6.07, 6.45) is 2.26. The molecule has 0 radical (unpaired) electrons. The Bertz CT molecular complexity index is 564. The second-order valence-corrected chi connectivity index (χ2v) is 6.06. The van der Waals surface area contributed by atoms with Crippen LogP contribution in [0.25, 0.3) is 0 Å². The van der Waals surface area contributed by atoms with Crippen LogP contribution in [0.1, 0.15) is 30.1 Å². The van der Waals surface area contributed by atoms with Gasteiger partial charge >= 0.3 is 5.97 Å². The Labute approximate surface area is 138 Å². The highest BCUT2D eigenvalue weighted by Crippen LogP contribution is 2.34. The van der Waals surface area contributed by atoms with Crippen molar-refractivity contribution in [1.82, 2.24) is 5.32 Å². The summed E-state index contributed by atoms with van der Waals surface area (Å²) in [5, 5.41) is 3.21. The zero-order valence-electron chi connectivity index (χ0n) is 12.3. The fourth-order valence-electron chi connectivity index (χ4n) is 2.10. The van der Waals surface area contributed by atoms with Gasteiger partial charge in [-0.2, -0.15) is 0 Å². The number of methoxy groups -OCH3 is 1. The number of amides is 1. The first-order valence-electron chi connectivity index (χ1n) is 6.92. The quantitative estimate of drug-likeness (QED) is 0.804. The van der Waals surface area contributed by atoms with E-state index in [1.165, 1.54) is 19.2 Å². The zero-order chi connectivity index (χ0) is 16.3. The van der Waals surface area contributed by atoms with Crippen LogP contribution in [0.5, 0.6) is 5.75 Å². The molecule has 0 heterocycles. The molecule has 1 fully saturated rings. The molecule has 1 amide bonds. The number of carbonyl (C=O) groups is 2. The molecule has 1 aromatic carbocycles. The standard InChI is InChI=1S/C15H17Cl2NO4/c1-8(9-3-4-9)18-13(19)7-22-15(20)10-5-11(16)14(21-2)12(17)6-10/h5-6,8-9H,3-4,7H2,1-2H3,(H,18,19)/t8-/m1/s1. The smallest absolute Gasteiger partial charge is 0.338 e. The lowest BCUT2D eigenvalue weighted by Crippen LogP contribution is -2.37. The van der Waals surface area contributed by atoms with Gasteiger partial charge in [0.1, 0.15) is 0 Å². The molecule has 0 aromatic heterocycles.